The van der Waals surface area contributed by atoms with Crippen LogP contribution < -0.4 is 16.0 Å². The third-order valence-electron chi connectivity index (χ3n) is 3.26. The third kappa shape index (κ3) is 4.88. The summed E-state index contributed by atoms with van der Waals surface area (Å²) in [5.74, 6) is -0.442. The molecule has 2 aromatic rings. The van der Waals surface area contributed by atoms with Crippen LogP contribution in [0.15, 0.2) is 42.5 Å². The average Bonchev–Trinajstić information content (AvgIpc) is 2.53. The van der Waals surface area contributed by atoms with Gasteiger partial charge < -0.3 is 16.0 Å². The minimum atomic E-state index is -0.525. The van der Waals surface area contributed by atoms with E-state index in [9.17, 15) is 9.59 Å². The van der Waals surface area contributed by atoms with Gasteiger partial charge in [-0.2, -0.15) is 0 Å². The topological polar surface area (TPSA) is 70.2 Å². The van der Waals surface area contributed by atoms with Gasteiger partial charge in [0.25, 0.3) is 5.91 Å². The van der Waals surface area contributed by atoms with E-state index in [0.717, 1.165) is 0 Å². The van der Waals surface area contributed by atoms with E-state index in [1.54, 1.807) is 56.4 Å². The number of nitrogens with one attached hydrogen (secondary N) is 3. The Bertz CT molecular complexity index is 745. The molecule has 0 bridgehead atoms. The minimum Gasteiger partial charge on any atom is -0.374 e. The fraction of sp³-hybridized carbons (Fsp3) is 0.176. The van der Waals surface area contributed by atoms with Crippen LogP contribution in [0.5, 0.6) is 0 Å². The highest BCUT2D eigenvalue weighted by atomic mass is 35.5. The molecular weight excluding hydrogens is 349 g/mol. The number of halogens is 2. The number of benzene rings is 2. The van der Waals surface area contributed by atoms with Gasteiger partial charge in [0.2, 0.25) is 5.91 Å². The van der Waals surface area contributed by atoms with Crippen molar-refractivity contribution >= 4 is 46.4 Å². The summed E-state index contributed by atoms with van der Waals surface area (Å²) in [7, 11) is 1.56. The van der Waals surface area contributed by atoms with E-state index in [1.165, 1.54) is 0 Å². The fourth-order valence-corrected chi connectivity index (χ4v) is 2.61. The molecule has 2 amide bonds. The maximum atomic E-state index is 12.3. The summed E-state index contributed by atoms with van der Waals surface area (Å²) in [5.41, 5.74) is 1.70. The zero-order chi connectivity index (χ0) is 17.7. The smallest absolute Gasteiger partial charge is 0.251 e. The summed E-state index contributed by atoms with van der Waals surface area (Å²) in [6.45, 7) is 1.72. The number of carbonyl (C=O) groups excluding carboxylic acids is 2. The highest BCUT2D eigenvalue weighted by Gasteiger charge is 2.14. The first-order valence-electron chi connectivity index (χ1n) is 7.24. The predicted octanol–water partition coefficient (Wildman–Crippen LogP) is 3.79. The number of hydrogen-bond acceptors (Lipinski definition) is 3. The minimum absolute atomic E-state index is 0.190. The Morgan fingerprint density at radius 2 is 1.67 bits per heavy atom. The summed E-state index contributed by atoms with van der Waals surface area (Å²) >= 11 is 11.8. The van der Waals surface area contributed by atoms with Crippen molar-refractivity contribution in [3.05, 3.63) is 58.1 Å². The molecule has 0 radical (unpaired) electrons. The maximum absolute atomic E-state index is 12.3. The van der Waals surface area contributed by atoms with Gasteiger partial charge in [-0.05, 0) is 43.3 Å². The molecule has 2 rings (SSSR count). The first-order chi connectivity index (χ1) is 11.4. The van der Waals surface area contributed by atoms with Gasteiger partial charge >= 0.3 is 0 Å². The van der Waals surface area contributed by atoms with E-state index in [4.69, 9.17) is 23.2 Å². The van der Waals surface area contributed by atoms with Gasteiger partial charge in [0, 0.05) is 34.0 Å². The van der Waals surface area contributed by atoms with E-state index < -0.39 is 6.04 Å². The SMILES string of the molecule is CNC(=O)c1cccc(N[C@H](C)C(=O)Nc2cc(Cl)cc(Cl)c2)c1. The van der Waals surface area contributed by atoms with Gasteiger partial charge in [-0.15, -0.1) is 0 Å². The summed E-state index contributed by atoms with van der Waals surface area (Å²) in [6.07, 6.45) is 0. The maximum Gasteiger partial charge on any atom is 0.251 e. The Balaban J connectivity index is 2.05. The van der Waals surface area contributed by atoms with Crippen molar-refractivity contribution in [1.29, 1.82) is 0 Å². The Labute approximate surface area is 150 Å². The first kappa shape index (κ1) is 18.1. The fourth-order valence-electron chi connectivity index (χ4n) is 2.09. The molecule has 3 N–H and O–H groups in total. The highest BCUT2D eigenvalue weighted by Crippen LogP contribution is 2.22. The number of carbonyl (C=O) groups is 2. The zero-order valence-electron chi connectivity index (χ0n) is 13.2. The molecule has 0 heterocycles. The summed E-state index contributed by atoms with van der Waals surface area (Å²) in [4.78, 5) is 23.9. The third-order valence-corrected chi connectivity index (χ3v) is 3.69. The van der Waals surface area contributed by atoms with Crippen molar-refractivity contribution in [1.82, 2.24) is 5.32 Å². The number of anilines is 2. The first-order valence-corrected chi connectivity index (χ1v) is 8.00. The number of hydrogen-bond donors (Lipinski definition) is 3. The molecule has 0 aromatic heterocycles. The zero-order valence-corrected chi connectivity index (χ0v) is 14.7. The largest absolute Gasteiger partial charge is 0.374 e. The van der Waals surface area contributed by atoms with Crippen LogP contribution in [0.4, 0.5) is 11.4 Å². The van der Waals surface area contributed by atoms with Crippen molar-refractivity contribution in [2.75, 3.05) is 17.7 Å². The molecular formula is C17H17Cl2N3O2. The molecule has 2 aromatic carbocycles. The molecule has 0 aliphatic carbocycles. The highest BCUT2D eigenvalue weighted by molar-refractivity contribution is 6.35. The molecule has 0 saturated carbocycles. The monoisotopic (exact) mass is 365 g/mol. The molecule has 0 aliphatic heterocycles. The molecule has 0 aliphatic rings. The van der Waals surface area contributed by atoms with Gasteiger partial charge in [-0.3, -0.25) is 9.59 Å². The van der Waals surface area contributed by atoms with E-state index in [1.807, 2.05) is 0 Å². The molecule has 0 unspecified atom stereocenters. The van der Waals surface area contributed by atoms with E-state index >= 15 is 0 Å². The Morgan fingerprint density at radius 3 is 2.29 bits per heavy atom. The van der Waals surface area contributed by atoms with Crippen LogP contribution in [-0.4, -0.2) is 24.9 Å². The normalized spacial score (nSPS) is 11.5. The van der Waals surface area contributed by atoms with Gasteiger partial charge in [-0.25, -0.2) is 0 Å². The van der Waals surface area contributed by atoms with Gasteiger partial charge in [0.15, 0.2) is 0 Å². The van der Waals surface area contributed by atoms with Crippen molar-refractivity contribution < 1.29 is 9.59 Å². The lowest BCUT2D eigenvalue weighted by molar-refractivity contribution is -0.116. The van der Waals surface area contributed by atoms with E-state index in [2.05, 4.69) is 16.0 Å². The van der Waals surface area contributed by atoms with Crippen molar-refractivity contribution in [2.45, 2.75) is 13.0 Å². The Kier molecular flexibility index (Phi) is 6.06. The predicted molar refractivity (Wildman–Crippen MR) is 98.0 cm³/mol. The van der Waals surface area contributed by atoms with Crippen molar-refractivity contribution in [2.24, 2.45) is 0 Å². The summed E-state index contributed by atoms with van der Waals surface area (Å²) in [5, 5.41) is 9.23. The summed E-state index contributed by atoms with van der Waals surface area (Å²) in [6, 6.07) is 11.2. The van der Waals surface area contributed by atoms with Crippen LogP contribution in [0.3, 0.4) is 0 Å². The van der Waals surface area contributed by atoms with Crippen LogP contribution in [0, 0.1) is 0 Å². The standard InChI is InChI=1S/C17H17Cl2N3O2/c1-10(16(23)22-15-8-12(18)7-13(19)9-15)21-14-5-3-4-11(6-14)17(24)20-2/h3-10,21H,1-2H3,(H,20,24)(H,22,23)/t10-/m1/s1. The van der Waals surface area contributed by atoms with Gasteiger partial charge in [0.1, 0.15) is 6.04 Å². The van der Waals surface area contributed by atoms with Gasteiger partial charge in [-0.1, -0.05) is 29.3 Å². The molecule has 0 saturated heterocycles. The van der Waals surface area contributed by atoms with E-state index in [-0.39, 0.29) is 11.8 Å². The lowest BCUT2D eigenvalue weighted by Gasteiger charge is -2.16. The Hall–Kier alpha value is -2.24. The van der Waals surface area contributed by atoms with Gasteiger partial charge in [0.05, 0.1) is 0 Å². The van der Waals surface area contributed by atoms with Crippen molar-refractivity contribution in [3.8, 4) is 0 Å². The van der Waals surface area contributed by atoms with E-state index in [0.29, 0.717) is 27.0 Å². The van der Waals surface area contributed by atoms with Crippen LogP contribution in [0.2, 0.25) is 10.0 Å². The molecule has 24 heavy (non-hydrogen) atoms. The molecule has 1 atom stereocenters. The molecule has 126 valence electrons. The molecule has 5 nitrogen and oxygen atoms in total. The summed E-state index contributed by atoms with van der Waals surface area (Å²) < 4.78 is 0. The lowest BCUT2D eigenvalue weighted by Crippen LogP contribution is -2.32. The van der Waals surface area contributed by atoms with Crippen molar-refractivity contribution in [3.63, 3.8) is 0 Å². The second-order valence-corrected chi connectivity index (χ2v) is 6.05. The molecule has 0 fully saturated rings. The van der Waals surface area contributed by atoms with Crippen LogP contribution in [-0.2, 0) is 4.79 Å². The Morgan fingerprint density at radius 1 is 1.00 bits per heavy atom. The quantitative estimate of drug-likeness (QED) is 0.754. The van der Waals surface area contributed by atoms with Crippen LogP contribution in [0.25, 0.3) is 0 Å². The van der Waals surface area contributed by atoms with Crippen LogP contribution in [0.1, 0.15) is 17.3 Å². The van der Waals surface area contributed by atoms with Crippen LogP contribution >= 0.6 is 23.2 Å². The number of amides is 2. The molecule has 0 spiro atoms. The second kappa shape index (κ2) is 8.04. The molecule has 7 heteroatoms. The number of rotatable bonds is 5. The lowest BCUT2D eigenvalue weighted by atomic mass is 10.1. The average molecular weight is 366 g/mol. The second-order valence-electron chi connectivity index (χ2n) is 5.17.